The number of benzene rings is 2. The number of carboxylic acid groups (broad SMARTS) is 1. The molecule has 0 radical (unpaired) electrons. The number of nitrogens with zero attached hydrogens (tertiary/aromatic N) is 5. The topological polar surface area (TPSA) is 157 Å². The summed E-state index contributed by atoms with van der Waals surface area (Å²) in [4.78, 5) is 90.4. The van der Waals surface area contributed by atoms with E-state index in [9.17, 15) is 29.1 Å². The smallest absolute Gasteiger partial charge is 0.410 e. The maximum Gasteiger partial charge on any atom is 0.410 e. The molecule has 1 heterocycles. The van der Waals surface area contributed by atoms with E-state index in [-0.39, 0.29) is 36.8 Å². The second-order valence-corrected chi connectivity index (χ2v) is 17.9. The zero-order valence-electron chi connectivity index (χ0n) is 35.8. The molecule has 4 aliphatic rings. The number of carbonyl (C=O) groups is 6. The molecule has 320 valence electrons. The average molecular weight is 816 g/mol. The molecule has 0 spiro atoms. The zero-order chi connectivity index (χ0) is 43.0. The van der Waals surface area contributed by atoms with Gasteiger partial charge in [0.25, 0.3) is 0 Å². The standard InChI is InChI=1S/C45H61N5O9/c1-9-58-29-22-36(50(24-29)43(57)59-25-34-32-20-14-12-18-30(32)31-19-13-15-21-33(31)34)40(54)49(8)45(26-44(2,3)27-45)42(56)48(7)38(28-16-10-11-17-28)41(55)47(6)35(23-37(51)52)39(53)46(4)5/h12-15,18-21,28-29,34-36,38H,9-11,16-17,22-27H2,1-8H3,(H,51,52)/t29-,35+,36+,38+/m1/s1. The van der Waals surface area contributed by atoms with Crippen molar-refractivity contribution in [3.05, 3.63) is 59.7 Å². The Morgan fingerprint density at radius 3 is 1.95 bits per heavy atom. The van der Waals surface area contributed by atoms with Crippen molar-refractivity contribution in [1.82, 2.24) is 24.5 Å². The number of carboxylic acids is 1. The van der Waals surface area contributed by atoms with Crippen molar-refractivity contribution < 1.29 is 43.3 Å². The first-order chi connectivity index (χ1) is 27.9. The Morgan fingerprint density at radius 2 is 1.42 bits per heavy atom. The number of rotatable bonds is 14. The van der Waals surface area contributed by atoms with Crippen LogP contribution in [0.4, 0.5) is 4.79 Å². The van der Waals surface area contributed by atoms with Crippen LogP contribution in [0.5, 0.6) is 0 Å². The minimum Gasteiger partial charge on any atom is -0.481 e. The molecule has 0 aromatic heterocycles. The maximum absolute atomic E-state index is 15.1. The Kier molecular flexibility index (Phi) is 12.8. The van der Waals surface area contributed by atoms with Crippen LogP contribution in [0.1, 0.15) is 89.2 Å². The van der Waals surface area contributed by atoms with Crippen LogP contribution >= 0.6 is 0 Å². The molecule has 3 fully saturated rings. The second-order valence-electron chi connectivity index (χ2n) is 17.9. The summed E-state index contributed by atoms with van der Waals surface area (Å²) in [5, 5.41) is 9.69. The van der Waals surface area contributed by atoms with Crippen molar-refractivity contribution in [2.75, 3.05) is 55.0 Å². The van der Waals surface area contributed by atoms with Crippen molar-refractivity contribution in [3.8, 4) is 11.1 Å². The highest BCUT2D eigenvalue weighted by atomic mass is 16.6. The highest BCUT2D eigenvalue weighted by Crippen LogP contribution is 2.53. The first-order valence-electron chi connectivity index (χ1n) is 20.9. The normalized spacial score (nSPS) is 21.4. The number of hydrogen-bond donors (Lipinski definition) is 1. The predicted octanol–water partition coefficient (Wildman–Crippen LogP) is 4.84. The van der Waals surface area contributed by atoms with Crippen LogP contribution in [0, 0.1) is 11.3 Å². The van der Waals surface area contributed by atoms with E-state index in [2.05, 4.69) is 12.1 Å². The summed E-state index contributed by atoms with van der Waals surface area (Å²) in [6, 6.07) is 12.9. The molecule has 2 aromatic rings. The lowest BCUT2D eigenvalue weighted by Gasteiger charge is -2.58. The van der Waals surface area contributed by atoms with E-state index in [4.69, 9.17) is 9.47 Å². The lowest BCUT2D eigenvalue weighted by atomic mass is 9.57. The van der Waals surface area contributed by atoms with E-state index >= 15 is 4.79 Å². The van der Waals surface area contributed by atoms with E-state index in [1.165, 1.54) is 45.6 Å². The maximum atomic E-state index is 15.1. The lowest BCUT2D eigenvalue weighted by Crippen LogP contribution is -2.71. The predicted molar refractivity (Wildman–Crippen MR) is 220 cm³/mol. The lowest BCUT2D eigenvalue weighted by molar-refractivity contribution is -0.173. The molecule has 14 heteroatoms. The minimum atomic E-state index is -1.33. The summed E-state index contributed by atoms with van der Waals surface area (Å²) in [5.74, 6) is -3.51. The van der Waals surface area contributed by atoms with E-state index < -0.39 is 71.9 Å². The van der Waals surface area contributed by atoms with Crippen LogP contribution in [-0.4, -0.2) is 150 Å². The summed E-state index contributed by atoms with van der Waals surface area (Å²) >= 11 is 0. The van der Waals surface area contributed by atoms with E-state index in [1.807, 2.05) is 57.2 Å². The van der Waals surface area contributed by atoms with Gasteiger partial charge in [-0.05, 0) is 66.2 Å². The molecule has 2 saturated carbocycles. The molecular weight excluding hydrogens is 755 g/mol. The minimum absolute atomic E-state index is 0.0827. The molecule has 4 atom stereocenters. The third-order valence-corrected chi connectivity index (χ3v) is 13.2. The average Bonchev–Trinajstić information content (AvgIpc) is 3.95. The molecule has 1 saturated heterocycles. The molecule has 2 aromatic carbocycles. The zero-order valence-corrected chi connectivity index (χ0v) is 35.8. The quantitative estimate of drug-likeness (QED) is 0.282. The van der Waals surface area contributed by atoms with Crippen molar-refractivity contribution in [3.63, 3.8) is 0 Å². The monoisotopic (exact) mass is 815 g/mol. The van der Waals surface area contributed by atoms with Crippen LogP contribution < -0.4 is 0 Å². The van der Waals surface area contributed by atoms with E-state index in [0.29, 0.717) is 32.3 Å². The Bertz CT molecular complexity index is 1890. The van der Waals surface area contributed by atoms with Crippen LogP contribution in [-0.2, 0) is 33.4 Å². The van der Waals surface area contributed by atoms with Gasteiger partial charge in [0.2, 0.25) is 23.6 Å². The number of amides is 5. The van der Waals surface area contributed by atoms with Gasteiger partial charge < -0.3 is 34.2 Å². The molecule has 0 bridgehead atoms. The van der Waals surface area contributed by atoms with Crippen molar-refractivity contribution in [1.29, 1.82) is 0 Å². The number of aliphatic carboxylic acids is 1. The summed E-state index contributed by atoms with van der Waals surface area (Å²) in [7, 11) is 7.60. The fourth-order valence-corrected chi connectivity index (χ4v) is 10.4. The first-order valence-corrected chi connectivity index (χ1v) is 20.9. The van der Waals surface area contributed by atoms with Crippen LogP contribution in [0.2, 0.25) is 0 Å². The second kappa shape index (κ2) is 17.3. The third kappa shape index (κ3) is 8.42. The molecule has 14 nitrogen and oxygen atoms in total. The molecule has 3 aliphatic carbocycles. The van der Waals surface area contributed by atoms with Crippen molar-refractivity contribution in [2.24, 2.45) is 11.3 Å². The molecule has 1 aliphatic heterocycles. The summed E-state index contributed by atoms with van der Waals surface area (Å²) in [6.45, 7) is 6.53. The molecule has 6 rings (SSSR count). The number of ether oxygens (including phenoxy) is 2. The van der Waals surface area contributed by atoms with Gasteiger partial charge in [-0.3, -0.25) is 28.9 Å². The van der Waals surface area contributed by atoms with Gasteiger partial charge in [0.1, 0.15) is 30.3 Å². The van der Waals surface area contributed by atoms with Gasteiger partial charge in [-0.15, -0.1) is 0 Å². The Balaban J connectivity index is 1.25. The van der Waals surface area contributed by atoms with Crippen LogP contribution in [0.25, 0.3) is 11.1 Å². The Labute approximate surface area is 347 Å². The third-order valence-electron chi connectivity index (χ3n) is 13.2. The molecular formula is C45H61N5O9. The summed E-state index contributed by atoms with van der Waals surface area (Å²) in [5.41, 5.74) is 2.71. The van der Waals surface area contributed by atoms with E-state index in [0.717, 1.165) is 35.1 Å². The van der Waals surface area contributed by atoms with Gasteiger partial charge >= 0.3 is 12.1 Å². The Hall–Kier alpha value is -4.98. The highest BCUT2D eigenvalue weighted by molar-refractivity contribution is 5.98. The number of likely N-dealkylation sites (N-methyl/N-ethyl adjacent to an activating group) is 4. The summed E-state index contributed by atoms with van der Waals surface area (Å²) in [6.07, 6.45) is 2.30. The SMILES string of the molecule is CCO[C@@H]1C[C@@H](C(=O)N(C)C2(C(=O)N(C)[C@H](C(=O)N(C)[C@@H](CC(=O)O)C(=O)N(C)C)C3CCCC3)CC(C)(C)C2)N(C(=O)OCC2c3ccccc3-c3ccccc32)C1. The molecule has 0 unspecified atom stereocenters. The summed E-state index contributed by atoms with van der Waals surface area (Å²) < 4.78 is 12.0. The fourth-order valence-electron chi connectivity index (χ4n) is 10.4. The highest BCUT2D eigenvalue weighted by Gasteiger charge is 2.61. The number of fused-ring (bicyclic) bond motifs is 3. The van der Waals surface area contributed by atoms with Gasteiger partial charge in [0.05, 0.1) is 19.1 Å². The van der Waals surface area contributed by atoms with Crippen molar-refractivity contribution in [2.45, 2.75) is 108 Å². The van der Waals surface area contributed by atoms with Gasteiger partial charge in [-0.2, -0.15) is 0 Å². The molecule has 1 N–H and O–H groups in total. The van der Waals surface area contributed by atoms with Crippen LogP contribution in [0.15, 0.2) is 48.5 Å². The Morgan fingerprint density at radius 1 is 0.847 bits per heavy atom. The largest absolute Gasteiger partial charge is 0.481 e. The van der Waals surface area contributed by atoms with E-state index in [1.54, 1.807) is 14.1 Å². The number of likely N-dealkylation sites (tertiary alicyclic amines) is 1. The van der Waals surface area contributed by atoms with Gasteiger partial charge in [-0.25, -0.2) is 4.79 Å². The van der Waals surface area contributed by atoms with Gasteiger partial charge in [-0.1, -0.05) is 75.2 Å². The van der Waals surface area contributed by atoms with Gasteiger partial charge in [0.15, 0.2) is 0 Å². The molecule has 5 amide bonds. The van der Waals surface area contributed by atoms with Gasteiger partial charge in [0, 0.05) is 54.2 Å². The van der Waals surface area contributed by atoms with Crippen LogP contribution in [0.3, 0.4) is 0 Å². The number of hydrogen-bond acceptors (Lipinski definition) is 8. The fraction of sp³-hybridized carbons (Fsp3) is 0.600. The first kappa shape index (κ1) is 43.6. The molecule has 59 heavy (non-hydrogen) atoms. The number of carbonyl (C=O) groups excluding carboxylic acids is 5. The van der Waals surface area contributed by atoms with Crippen molar-refractivity contribution >= 4 is 35.7 Å².